The summed E-state index contributed by atoms with van der Waals surface area (Å²) < 4.78 is 0. The first-order chi connectivity index (χ1) is 14.0. The second kappa shape index (κ2) is 12.4. The first-order valence-corrected chi connectivity index (χ1v) is 12.7. The summed E-state index contributed by atoms with van der Waals surface area (Å²) in [7, 11) is 0. The Bertz CT molecular complexity index is 567. The standard InChI is InChI=1S/2C14H26O/c1-5-6-7-13(15)10-12-8-9-14(3,4)11(12)2;1-5-6-7-13(15)10-12-9-8-11(2)14(12,3)4/h13,15H,5-10H2,1-4H3;8,12-13,15H,5-7,9-10H2,1-4H3. The Labute approximate surface area is 188 Å². The molecule has 30 heavy (non-hydrogen) atoms. The first kappa shape index (κ1) is 27.4. The lowest BCUT2D eigenvalue weighted by molar-refractivity contribution is 0.106. The second-order valence-corrected chi connectivity index (χ2v) is 11.2. The van der Waals surface area contributed by atoms with Gasteiger partial charge in [-0.05, 0) is 75.5 Å². The van der Waals surface area contributed by atoms with Gasteiger partial charge in [0.2, 0.25) is 0 Å². The molecule has 0 aromatic carbocycles. The minimum Gasteiger partial charge on any atom is -0.393 e. The van der Waals surface area contributed by atoms with Crippen molar-refractivity contribution in [3.05, 3.63) is 22.8 Å². The molecule has 2 rings (SSSR count). The third-order valence-electron chi connectivity index (χ3n) is 8.16. The van der Waals surface area contributed by atoms with Crippen LogP contribution < -0.4 is 0 Å². The van der Waals surface area contributed by atoms with Crippen LogP contribution in [0.1, 0.15) is 126 Å². The Hall–Kier alpha value is -0.600. The summed E-state index contributed by atoms with van der Waals surface area (Å²) in [5.41, 5.74) is 5.21. The molecule has 0 saturated heterocycles. The smallest absolute Gasteiger partial charge is 0.0577 e. The van der Waals surface area contributed by atoms with Crippen LogP contribution in [0.5, 0.6) is 0 Å². The van der Waals surface area contributed by atoms with E-state index in [0.29, 0.717) is 16.7 Å². The number of aliphatic hydroxyl groups excluding tert-OH is 2. The number of unbranched alkanes of at least 4 members (excludes halogenated alkanes) is 2. The molecule has 2 nitrogen and oxygen atoms in total. The van der Waals surface area contributed by atoms with Crippen molar-refractivity contribution in [1.29, 1.82) is 0 Å². The molecule has 0 heterocycles. The zero-order valence-electron chi connectivity index (χ0n) is 21.5. The number of rotatable bonds is 10. The van der Waals surface area contributed by atoms with Crippen molar-refractivity contribution < 1.29 is 10.2 Å². The molecule has 0 aliphatic heterocycles. The van der Waals surface area contributed by atoms with Crippen molar-refractivity contribution >= 4 is 0 Å². The molecular formula is C28H52O2. The maximum Gasteiger partial charge on any atom is 0.0577 e. The van der Waals surface area contributed by atoms with Gasteiger partial charge < -0.3 is 10.2 Å². The van der Waals surface area contributed by atoms with Crippen molar-refractivity contribution in [2.45, 2.75) is 138 Å². The molecule has 0 bridgehead atoms. The van der Waals surface area contributed by atoms with Gasteiger partial charge in [0.1, 0.15) is 0 Å². The van der Waals surface area contributed by atoms with Crippen LogP contribution in [0, 0.1) is 16.7 Å². The maximum absolute atomic E-state index is 9.94. The summed E-state index contributed by atoms with van der Waals surface area (Å²) in [6, 6.07) is 0. The van der Waals surface area contributed by atoms with Crippen LogP contribution in [-0.2, 0) is 0 Å². The van der Waals surface area contributed by atoms with E-state index >= 15 is 0 Å². The molecule has 0 aromatic rings. The molecule has 0 radical (unpaired) electrons. The van der Waals surface area contributed by atoms with Gasteiger partial charge >= 0.3 is 0 Å². The first-order valence-electron chi connectivity index (χ1n) is 12.7. The van der Waals surface area contributed by atoms with E-state index in [2.05, 4.69) is 61.5 Å². The Morgan fingerprint density at radius 1 is 0.967 bits per heavy atom. The average molecular weight is 421 g/mol. The third kappa shape index (κ3) is 8.15. The Balaban J connectivity index is 0.000000300. The zero-order chi connectivity index (χ0) is 22.9. The molecule has 2 N–H and O–H groups in total. The summed E-state index contributed by atoms with van der Waals surface area (Å²) in [6.45, 7) is 18.1. The molecule has 176 valence electrons. The molecule has 2 aliphatic rings. The van der Waals surface area contributed by atoms with Crippen LogP contribution in [0.4, 0.5) is 0 Å². The van der Waals surface area contributed by atoms with Crippen molar-refractivity contribution in [2.75, 3.05) is 0 Å². The summed E-state index contributed by atoms with van der Waals surface area (Å²) in [5.74, 6) is 0.643. The lowest BCUT2D eigenvalue weighted by atomic mass is 9.75. The summed E-state index contributed by atoms with van der Waals surface area (Å²) >= 11 is 0. The number of aliphatic hydroxyl groups is 2. The van der Waals surface area contributed by atoms with E-state index < -0.39 is 0 Å². The normalized spacial score (nSPS) is 24.3. The van der Waals surface area contributed by atoms with Crippen molar-refractivity contribution in [3.63, 3.8) is 0 Å². The van der Waals surface area contributed by atoms with Gasteiger partial charge in [-0.15, -0.1) is 0 Å². The average Bonchev–Trinajstić information content (AvgIpc) is 3.08. The molecule has 0 aromatic heterocycles. The topological polar surface area (TPSA) is 40.5 Å². The van der Waals surface area contributed by atoms with E-state index in [1.165, 1.54) is 42.4 Å². The highest BCUT2D eigenvalue weighted by molar-refractivity contribution is 5.25. The molecule has 0 saturated carbocycles. The number of hydrogen-bond acceptors (Lipinski definition) is 2. The van der Waals surface area contributed by atoms with E-state index in [1.807, 2.05) is 0 Å². The highest BCUT2D eigenvalue weighted by atomic mass is 16.3. The van der Waals surface area contributed by atoms with Crippen LogP contribution in [0.25, 0.3) is 0 Å². The van der Waals surface area contributed by atoms with E-state index in [1.54, 1.807) is 0 Å². The van der Waals surface area contributed by atoms with E-state index in [0.717, 1.165) is 44.9 Å². The minimum absolute atomic E-state index is 0.0893. The van der Waals surface area contributed by atoms with Crippen LogP contribution >= 0.6 is 0 Å². The summed E-state index contributed by atoms with van der Waals surface area (Å²) in [6.07, 6.45) is 14.2. The lowest BCUT2D eigenvalue weighted by Crippen LogP contribution is -2.25. The molecule has 0 amide bonds. The van der Waals surface area contributed by atoms with Crippen LogP contribution in [0.15, 0.2) is 22.8 Å². The fraction of sp³-hybridized carbons (Fsp3) is 0.857. The molecule has 0 spiro atoms. The van der Waals surface area contributed by atoms with Gasteiger partial charge in [0.05, 0.1) is 12.2 Å². The fourth-order valence-electron chi connectivity index (χ4n) is 4.87. The zero-order valence-corrected chi connectivity index (χ0v) is 21.5. The van der Waals surface area contributed by atoms with Crippen LogP contribution in [-0.4, -0.2) is 22.4 Å². The van der Waals surface area contributed by atoms with Gasteiger partial charge in [-0.25, -0.2) is 0 Å². The summed E-state index contributed by atoms with van der Waals surface area (Å²) in [4.78, 5) is 0. The van der Waals surface area contributed by atoms with Gasteiger partial charge in [-0.1, -0.05) is 90.0 Å². The molecule has 3 unspecified atom stereocenters. The fourth-order valence-corrected chi connectivity index (χ4v) is 4.87. The number of allylic oxidation sites excluding steroid dienone is 3. The van der Waals surface area contributed by atoms with E-state index in [4.69, 9.17) is 0 Å². The molecule has 2 aliphatic carbocycles. The van der Waals surface area contributed by atoms with E-state index in [-0.39, 0.29) is 12.2 Å². The van der Waals surface area contributed by atoms with Crippen LogP contribution in [0.3, 0.4) is 0 Å². The van der Waals surface area contributed by atoms with Gasteiger partial charge in [0.15, 0.2) is 0 Å². The maximum atomic E-state index is 9.94. The predicted molar refractivity (Wildman–Crippen MR) is 132 cm³/mol. The summed E-state index contributed by atoms with van der Waals surface area (Å²) in [5, 5.41) is 19.8. The highest BCUT2D eigenvalue weighted by Crippen LogP contribution is 2.45. The lowest BCUT2D eigenvalue weighted by Gasteiger charge is -2.31. The van der Waals surface area contributed by atoms with Crippen molar-refractivity contribution in [2.24, 2.45) is 16.7 Å². The monoisotopic (exact) mass is 420 g/mol. The second-order valence-electron chi connectivity index (χ2n) is 11.2. The Morgan fingerprint density at radius 3 is 1.97 bits per heavy atom. The third-order valence-corrected chi connectivity index (χ3v) is 8.16. The van der Waals surface area contributed by atoms with Crippen molar-refractivity contribution in [1.82, 2.24) is 0 Å². The van der Waals surface area contributed by atoms with E-state index in [9.17, 15) is 10.2 Å². The quantitative estimate of drug-likeness (QED) is 0.352. The van der Waals surface area contributed by atoms with Gasteiger partial charge in [0.25, 0.3) is 0 Å². The van der Waals surface area contributed by atoms with Crippen LogP contribution in [0.2, 0.25) is 0 Å². The predicted octanol–water partition coefficient (Wildman–Crippen LogP) is 7.98. The minimum atomic E-state index is -0.108. The van der Waals surface area contributed by atoms with Gasteiger partial charge in [-0.3, -0.25) is 0 Å². The molecule has 0 fully saturated rings. The number of hydrogen-bond donors (Lipinski definition) is 2. The highest BCUT2D eigenvalue weighted by Gasteiger charge is 2.35. The molecule has 2 heteroatoms. The largest absolute Gasteiger partial charge is 0.393 e. The molecule has 3 atom stereocenters. The SMILES string of the molecule is CCCCC(O)CC1=C(C)C(C)(C)CC1.CCCCC(O)CC1CC=C(C)C1(C)C. The molecular weight excluding hydrogens is 368 g/mol. The van der Waals surface area contributed by atoms with Crippen molar-refractivity contribution in [3.8, 4) is 0 Å². The van der Waals surface area contributed by atoms with Gasteiger partial charge in [0, 0.05) is 0 Å². The Morgan fingerprint density at radius 2 is 1.53 bits per heavy atom. The van der Waals surface area contributed by atoms with Gasteiger partial charge in [-0.2, -0.15) is 0 Å². The Kier molecular flexibility index (Phi) is 11.4.